The van der Waals surface area contributed by atoms with Gasteiger partial charge in [-0.05, 0) is 43.2 Å². The lowest BCUT2D eigenvalue weighted by Gasteiger charge is -2.15. The summed E-state index contributed by atoms with van der Waals surface area (Å²) in [5, 5.41) is 4.93. The maximum absolute atomic E-state index is 6.38. The Balaban J connectivity index is 2.16. The second-order valence-electron chi connectivity index (χ2n) is 5.15. The van der Waals surface area contributed by atoms with Gasteiger partial charge in [0.05, 0.1) is 23.3 Å². The third-order valence-electron chi connectivity index (χ3n) is 3.28. The van der Waals surface area contributed by atoms with E-state index in [1.165, 1.54) is 0 Å². The first-order valence-electron chi connectivity index (χ1n) is 7.82. The number of halogens is 3. The minimum Gasteiger partial charge on any atom is -0.490 e. The van der Waals surface area contributed by atoms with Crippen molar-refractivity contribution < 1.29 is 9.47 Å². The summed E-state index contributed by atoms with van der Waals surface area (Å²) in [4.78, 5) is 0. The van der Waals surface area contributed by atoms with Crippen molar-refractivity contribution in [2.24, 2.45) is 0 Å². The second kappa shape index (κ2) is 9.26. The van der Waals surface area contributed by atoms with Crippen LogP contribution < -0.4 is 14.8 Å². The van der Waals surface area contributed by atoms with E-state index < -0.39 is 0 Å². The molecule has 0 amide bonds. The molecule has 0 heterocycles. The Labute approximate surface area is 157 Å². The van der Waals surface area contributed by atoms with Gasteiger partial charge in [-0.25, -0.2) is 0 Å². The van der Waals surface area contributed by atoms with Crippen LogP contribution in [0.2, 0.25) is 15.1 Å². The van der Waals surface area contributed by atoms with Gasteiger partial charge in [-0.1, -0.05) is 41.7 Å². The van der Waals surface area contributed by atoms with Gasteiger partial charge in [-0.2, -0.15) is 0 Å². The first-order chi connectivity index (χ1) is 11.5. The fraction of sp³-hybridized carbons (Fsp3) is 0.333. The van der Waals surface area contributed by atoms with Gasteiger partial charge in [0.25, 0.3) is 0 Å². The van der Waals surface area contributed by atoms with E-state index in [2.05, 4.69) is 12.2 Å². The summed E-state index contributed by atoms with van der Waals surface area (Å²) in [6, 6.07) is 9.10. The number of nitrogens with one attached hydrogen (secondary N) is 1. The second-order valence-corrected chi connectivity index (χ2v) is 6.38. The van der Waals surface area contributed by atoms with Crippen LogP contribution in [0.1, 0.15) is 25.8 Å². The molecule has 0 aliphatic heterocycles. The van der Waals surface area contributed by atoms with Crippen LogP contribution in [-0.2, 0) is 6.54 Å². The summed E-state index contributed by atoms with van der Waals surface area (Å²) in [7, 11) is 0. The van der Waals surface area contributed by atoms with Crippen molar-refractivity contribution in [2.75, 3.05) is 18.5 Å². The Morgan fingerprint density at radius 3 is 2.29 bits per heavy atom. The zero-order chi connectivity index (χ0) is 17.5. The number of anilines is 1. The molecule has 0 spiro atoms. The van der Waals surface area contributed by atoms with Gasteiger partial charge >= 0.3 is 0 Å². The first kappa shape index (κ1) is 19.0. The highest BCUT2D eigenvalue weighted by Gasteiger charge is 2.11. The van der Waals surface area contributed by atoms with Crippen molar-refractivity contribution in [1.82, 2.24) is 0 Å². The minimum atomic E-state index is 0.506. The van der Waals surface area contributed by atoms with Crippen LogP contribution >= 0.6 is 34.8 Å². The van der Waals surface area contributed by atoms with Crippen molar-refractivity contribution in [3.05, 3.63) is 51.0 Å². The number of ether oxygens (including phenoxy) is 2. The molecule has 0 fully saturated rings. The van der Waals surface area contributed by atoms with E-state index in [1.807, 2.05) is 19.1 Å². The molecule has 3 nitrogen and oxygen atoms in total. The van der Waals surface area contributed by atoms with Crippen LogP contribution in [0, 0.1) is 0 Å². The van der Waals surface area contributed by atoms with Crippen molar-refractivity contribution in [3.63, 3.8) is 0 Å². The summed E-state index contributed by atoms with van der Waals surface area (Å²) in [6.07, 6.45) is 0.920. The van der Waals surface area contributed by atoms with Gasteiger partial charge in [0, 0.05) is 23.3 Å². The van der Waals surface area contributed by atoms with Crippen LogP contribution in [-0.4, -0.2) is 13.2 Å². The van der Waals surface area contributed by atoms with E-state index in [9.17, 15) is 0 Å². The van der Waals surface area contributed by atoms with Crippen LogP contribution in [0.5, 0.6) is 11.5 Å². The number of hydrogen-bond acceptors (Lipinski definition) is 3. The molecule has 130 valence electrons. The average Bonchev–Trinajstić information content (AvgIpc) is 2.56. The summed E-state index contributed by atoms with van der Waals surface area (Å²) >= 11 is 18.3. The van der Waals surface area contributed by atoms with E-state index in [0.717, 1.165) is 17.7 Å². The highest BCUT2D eigenvalue weighted by atomic mass is 35.5. The van der Waals surface area contributed by atoms with Gasteiger partial charge in [0.2, 0.25) is 0 Å². The molecule has 0 saturated carbocycles. The molecule has 1 N–H and O–H groups in total. The smallest absolute Gasteiger partial charge is 0.162 e. The summed E-state index contributed by atoms with van der Waals surface area (Å²) < 4.78 is 11.4. The van der Waals surface area contributed by atoms with Crippen LogP contribution in [0.4, 0.5) is 5.69 Å². The molecule has 0 aliphatic carbocycles. The Kier molecular flexibility index (Phi) is 7.35. The molecule has 0 bridgehead atoms. The van der Waals surface area contributed by atoms with E-state index in [4.69, 9.17) is 44.3 Å². The first-order valence-corrected chi connectivity index (χ1v) is 8.95. The fourth-order valence-electron chi connectivity index (χ4n) is 2.11. The third kappa shape index (κ3) is 5.10. The van der Waals surface area contributed by atoms with Crippen LogP contribution in [0.25, 0.3) is 0 Å². The minimum absolute atomic E-state index is 0.506. The topological polar surface area (TPSA) is 30.5 Å². The molecular weight excluding hydrogens is 369 g/mol. The van der Waals surface area contributed by atoms with Gasteiger partial charge in [-0.3, -0.25) is 0 Å². The van der Waals surface area contributed by atoms with Crippen molar-refractivity contribution in [3.8, 4) is 11.5 Å². The molecule has 2 aromatic rings. The number of rotatable bonds is 8. The quantitative estimate of drug-likeness (QED) is 0.564. The van der Waals surface area contributed by atoms with Gasteiger partial charge in [-0.15, -0.1) is 0 Å². The standard InChI is InChI=1S/C18H20Cl3NO2/c1-3-7-24-18-10-15(20)12(8-17(18)23-4-2)11-22-13-5-6-14(19)16(21)9-13/h5-6,8-10,22H,3-4,7,11H2,1-2H3. The Bertz CT molecular complexity index is 692. The SMILES string of the molecule is CCCOc1cc(Cl)c(CNc2ccc(Cl)c(Cl)c2)cc1OCC. The normalized spacial score (nSPS) is 10.5. The molecule has 24 heavy (non-hydrogen) atoms. The highest BCUT2D eigenvalue weighted by Crippen LogP contribution is 2.34. The molecule has 0 aliphatic rings. The average molecular weight is 389 g/mol. The monoisotopic (exact) mass is 387 g/mol. The third-order valence-corrected chi connectivity index (χ3v) is 4.37. The maximum Gasteiger partial charge on any atom is 0.162 e. The number of benzene rings is 2. The molecule has 0 aromatic heterocycles. The van der Waals surface area contributed by atoms with E-state index in [-0.39, 0.29) is 0 Å². The van der Waals surface area contributed by atoms with E-state index >= 15 is 0 Å². The van der Waals surface area contributed by atoms with Gasteiger partial charge in [0.15, 0.2) is 11.5 Å². The largest absolute Gasteiger partial charge is 0.490 e. The summed E-state index contributed by atoms with van der Waals surface area (Å²) in [5.41, 5.74) is 1.78. The van der Waals surface area contributed by atoms with Crippen LogP contribution in [0.15, 0.2) is 30.3 Å². The fourth-order valence-corrected chi connectivity index (χ4v) is 2.63. The lowest BCUT2D eigenvalue weighted by molar-refractivity contribution is 0.276. The molecule has 2 rings (SSSR count). The van der Waals surface area contributed by atoms with E-state index in [1.54, 1.807) is 18.2 Å². The lowest BCUT2D eigenvalue weighted by atomic mass is 10.2. The molecule has 0 saturated heterocycles. The molecule has 0 unspecified atom stereocenters. The predicted octanol–water partition coefficient (Wildman–Crippen LogP) is 6.45. The molecule has 0 atom stereocenters. The summed E-state index contributed by atoms with van der Waals surface area (Å²) in [5.74, 6) is 1.36. The summed E-state index contributed by atoms with van der Waals surface area (Å²) in [6.45, 7) is 5.70. The molecular formula is C18H20Cl3NO2. The molecule has 6 heteroatoms. The Morgan fingerprint density at radius 1 is 0.875 bits per heavy atom. The zero-order valence-electron chi connectivity index (χ0n) is 13.7. The van der Waals surface area contributed by atoms with Crippen LogP contribution in [0.3, 0.4) is 0 Å². The van der Waals surface area contributed by atoms with Crippen molar-refractivity contribution in [2.45, 2.75) is 26.8 Å². The van der Waals surface area contributed by atoms with Crippen molar-refractivity contribution in [1.29, 1.82) is 0 Å². The Morgan fingerprint density at radius 2 is 1.62 bits per heavy atom. The molecule has 0 radical (unpaired) electrons. The zero-order valence-corrected chi connectivity index (χ0v) is 15.9. The van der Waals surface area contributed by atoms with Crippen molar-refractivity contribution >= 4 is 40.5 Å². The van der Waals surface area contributed by atoms with E-state index in [0.29, 0.717) is 46.3 Å². The van der Waals surface area contributed by atoms with Gasteiger partial charge < -0.3 is 14.8 Å². The highest BCUT2D eigenvalue weighted by molar-refractivity contribution is 6.42. The number of hydrogen-bond donors (Lipinski definition) is 1. The molecule has 2 aromatic carbocycles. The van der Waals surface area contributed by atoms with Gasteiger partial charge in [0.1, 0.15) is 0 Å². The predicted molar refractivity (Wildman–Crippen MR) is 102 cm³/mol. The maximum atomic E-state index is 6.38. The lowest BCUT2D eigenvalue weighted by Crippen LogP contribution is -2.04. The Hall–Kier alpha value is -1.29.